The fraction of sp³-hybridized carbons (Fsp3) is 0.286. The summed E-state index contributed by atoms with van der Waals surface area (Å²) in [7, 11) is 0. The van der Waals surface area contributed by atoms with E-state index in [1.54, 1.807) is 6.20 Å². The van der Waals surface area contributed by atoms with Gasteiger partial charge in [0.2, 0.25) is 0 Å². The van der Waals surface area contributed by atoms with Gasteiger partial charge in [-0.1, -0.05) is 0 Å². The highest BCUT2D eigenvalue weighted by molar-refractivity contribution is 9.11. The van der Waals surface area contributed by atoms with E-state index in [4.69, 9.17) is 5.73 Å². The normalized spacial score (nSPS) is 12.0. The minimum atomic E-state index is 0. The lowest BCUT2D eigenvalue weighted by atomic mass is 10.2. The summed E-state index contributed by atoms with van der Waals surface area (Å²) in [6.07, 6.45) is 1.73. The van der Waals surface area contributed by atoms with Crippen LogP contribution < -0.4 is 5.73 Å². The number of aromatic nitrogens is 1. The highest BCUT2D eigenvalue weighted by Gasteiger charge is 2.05. The van der Waals surface area contributed by atoms with Gasteiger partial charge in [0.05, 0.1) is 0 Å². The Labute approximate surface area is 99.0 Å². The molecule has 1 rings (SSSR count). The molecule has 0 bridgehead atoms. The average molecular weight is 361 g/mol. The third-order valence-corrected chi connectivity index (χ3v) is 2.42. The number of hydrogen-bond acceptors (Lipinski definition) is 2. The smallest absolute Gasteiger partial charge is 0.110 e. The maximum atomic E-state index is 5.69. The van der Waals surface area contributed by atoms with E-state index in [0.717, 1.165) is 14.6 Å². The maximum absolute atomic E-state index is 5.69. The molecule has 1 aromatic rings. The molecule has 0 amide bonds. The summed E-state index contributed by atoms with van der Waals surface area (Å²) in [6, 6.07) is 1.97. The molecule has 0 aromatic carbocycles. The molecule has 1 aromatic heterocycles. The van der Waals surface area contributed by atoms with Gasteiger partial charge in [-0.3, -0.25) is 0 Å². The SMILES string of the molecule is Br.CC(N)c1cc(Br)cnc1Br. The minimum Gasteiger partial charge on any atom is -0.324 e. The van der Waals surface area contributed by atoms with Crippen molar-refractivity contribution in [2.45, 2.75) is 13.0 Å². The van der Waals surface area contributed by atoms with E-state index in [1.165, 1.54) is 0 Å². The van der Waals surface area contributed by atoms with Crippen LogP contribution in [0.1, 0.15) is 18.5 Å². The third kappa shape index (κ3) is 3.12. The molecule has 0 fully saturated rings. The van der Waals surface area contributed by atoms with Gasteiger partial charge in [-0.05, 0) is 44.8 Å². The molecule has 0 saturated heterocycles. The number of pyridine rings is 1. The van der Waals surface area contributed by atoms with Crippen LogP contribution in [0.25, 0.3) is 0 Å². The predicted octanol–water partition coefficient (Wildman–Crippen LogP) is 3.20. The molecule has 1 heterocycles. The van der Waals surface area contributed by atoms with Crippen LogP contribution in [0.5, 0.6) is 0 Å². The Morgan fingerprint density at radius 1 is 1.50 bits per heavy atom. The van der Waals surface area contributed by atoms with Crippen LogP contribution in [0.2, 0.25) is 0 Å². The molecular weight excluding hydrogens is 352 g/mol. The second-order valence-corrected chi connectivity index (χ2v) is 3.99. The molecule has 0 aliphatic rings. The van der Waals surface area contributed by atoms with Gasteiger partial charge in [-0.2, -0.15) is 0 Å². The van der Waals surface area contributed by atoms with Crippen LogP contribution in [-0.2, 0) is 0 Å². The van der Waals surface area contributed by atoms with Gasteiger partial charge in [0.1, 0.15) is 4.60 Å². The molecule has 12 heavy (non-hydrogen) atoms. The van der Waals surface area contributed by atoms with Gasteiger partial charge >= 0.3 is 0 Å². The van der Waals surface area contributed by atoms with Gasteiger partial charge < -0.3 is 5.73 Å². The lowest BCUT2D eigenvalue weighted by Crippen LogP contribution is -2.06. The molecule has 5 heteroatoms. The van der Waals surface area contributed by atoms with Gasteiger partial charge in [0.15, 0.2) is 0 Å². The van der Waals surface area contributed by atoms with Crippen molar-refractivity contribution in [3.8, 4) is 0 Å². The fourth-order valence-electron chi connectivity index (χ4n) is 0.758. The monoisotopic (exact) mass is 358 g/mol. The number of halogens is 3. The van der Waals surface area contributed by atoms with E-state index in [-0.39, 0.29) is 23.0 Å². The molecule has 68 valence electrons. The Bertz CT molecular complexity index is 263. The Morgan fingerprint density at radius 2 is 2.08 bits per heavy atom. The van der Waals surface area contributed by atoms with Crippen molar-refractivity contribution in [3.05, 3.63) is 26.9 Å². The predicted molar refractivity (Wildman–Crippen MR) is 62.6 cm³/mol. The number of nitrogens with two attached hydrogens (primary N) is 1. The Morgan fingerprint density at radius 3 is 2.50 bits per heavy atom. The molecule has 0 saturated carbocycles. The number of nitrogens with zero attached hydrogens (tertiary/aromatic N) is 1. The van der Waals surface area contributed by atoms with Crippen LogP contribution in [0, 0.1) is 0 Å². The Hall–Kier alpha value is 0.550. The first-order valence-electron chi connectivity index (χ1n) is 3.18. The van der Waals surface area contributed by atoms with Gasteiger partial charge in [0, 0.05) is 22.3 Å². The lowest BCUT2D eigenvalue weighted by Gasteiger charge is -2.06. The van der Waals surface area contributed by atoms with Crippen molar-refractivity contribution < 1.29 is 0 Å². The summed E-state index contributed by atoms with van der Waals surface area (Å²) in [5.74, 6) is 0. The quantitative estimate of drug-likeness (QED) is 0.781. The number of rotatable bonds is 1. The van der Waals surface area contributed by atoms with Crippen molar-refractivity contribution >= 4 is 48.8 Å². The van der Waals surface area contributed by atoms with E-state index in [9.17, 15) is 0 Å². The molecule has 0 radical (unpaired) electrons. The van der Waals surface area contributed by atoms with E-state index >= 15 is 0 Å². The van der Waals surface area contributed by atoms with Gasteiger partial charge in [-0.25, -0.2) is 4.98 Å². The van der Waals surface area contributed by atoms with Crippen molar-refractivity contribution in [1.29, 1.82) is 0 Å². The molecule has 1 unspecified atom stereocenters. The third-order valence-electron chi connectivity index (χ3n) is 1.32. The summed E-state index contributed by atoms with van der Waals surface area (Å²) < 4.78 is 1.77. The van der Waals surface area contributed by atoms with Crippen LogP contribution in [0.3, 0.4) is 0 Å². The van der Waals surface area contributed by atoms with E-state index < -0.39 is 0 Å². The molecule has 2 N–H and O–H groups in total. The summed E-state index contributed by atoms with van der Waals surface area (Å²) in [6.45, 7) is 1.92. The Kier molecular flexibility index (Phi) is 5.56. The molecule has 0 aliphatic heterocycles. The van der Waals surface area contributed by atoms with Gasteiger partial charge in [-0.15, -0.1) is 17.0 Å². The zero-order valence-electron chi connectivity index (χ0n) is 6.42. The summed E-state index contributed by atoms with van der Waals surface area (Å²) >= 11 is 6.64. The fourth-order valence-corrected chi connectivity index (χ4v) is 1.68. The molecule has 0 spiro atoms. The second kappa shape index (κ2) is 5.32. The van der Waals surface area contributed by atoms with Crippen LogP contribution in [-0.4, -0.2) is 4.98 Å². The first-order chi connectivity index (χ1) is 5.11. The van der Waals surface area contributed by atoms with Crippen molar-refractivity contribution in [2.75, 3.05) is 0 Å². The standard InChI is InChI=1S/C7H8Br2N2.BrH/c1-4(10)6-2-5(8)3-11-7(6)9;/h2-4H,10H2,1H3;1H. The summed E-state index contributed by atoms with van der Waals surface area (Å²) in [5, 5.41) is 0. The second-order valence-electron chi connectivity index (χ2n) is 2.32. The highest BCUT2D eigenvalue weighted by Crippen LogP contribution is 2.22. The van der Waals surface area contributed by atoms with Crippen LogP contribution in [0.4, 0.5) is 0 Å². The zero-order valence-corrected chi connectivity index (χ0v) is 11.3. The average Bonchev–Trinajstić information content (AvgIpc) is 1.94. The van der Waals surface area contributed by atoms with Gasteiger partial charge in [0.25, 0.3) is 0 Å². The number of hydrogen-bond donors (Lipinski definition) is 1. The minimum absolute atomic E-state index is 0. The molecular formula is C7H9Br3N2. The largest absolute Gasteiger partial charge is 0.324 e. The van der Waals surface area contributed by atoms with E-state index in [2.05, 4.69) is 36.8 Å². The lowest BCUT2D eigenvalue weighted by molar-refractivity contribution is 0.803. The van der Waals surface area contributed by atoms with Crippen molar-refractivity contribution in [3.63, 3.8) is 0 Å². The van der Waals surface area contributed by atoms with Crippen LogP contribution in [0.15, 0.2) is 21.3 Å². The molecule has 2 nitrogen and oxygen atoms in total. The maximum Gasteiger partial charge on any atom is 0.110 e. The zero-order chi connectivity index (χ0) is 8.43. The first-order valence-corrected chi connectivity index (χ1v) is 4.76. The van der Waals surface area contributed by atoms with Crippen molar-refractivity contribution in [2.24, 2.45) is 5.73 Å². The van der Waals surface area contributed by atoms with Crippen LogP contribution >= 0.6 is 48.8 Å². The summed E-state index contributed by atoms with van der Waals surface area (Å²) in [5.41, 5.74) is 6.71. The van der Waals surface area contributed by atoms with Crippen molar-refractivity contribution in [1.82, 2.24) is 4.98 Å². The van der Waals surface area contributed by atoms with E-state index in [1.807, 2.05) is 13.0 Å². The highest BCUT2D eigenvalue weighted by atomic mass is 79.9. The molecule has 1 atom stereocenters. The first kappa shape index (κ1) is 12.6. The Balaban J connectivity index is 0.00000121. The topological polar surface area (TPSA) is 38.9 Å². The summed E-state index contributed by atoms with van der Waals surface area (Å²) in [4.78, 5) is 4.09. The van der Waals surface area contributed by atoms with E-state index in [0.29, 0.717) is 0 Å². The molecule has 0 aliphatic carbocycles.